The van der Waals surface area contributed by atoms with Gasteiger partial charge in [0.2, 0.25) is 5.91 Å². The van der Waals surface area contributed by atoms with Gasteiger partial charge in [-0.3, -0.25) is 9.69 Å². The number of hydrogen-bond donors (Lipinski definition) is 0. The van der Waals surface area contributed by atoms with Crippen molar-refractivity contribution >= 4 is 5.91 Å². The first-order valence-electron chi connectivity index (χ1n) is 11.9. The Hall–Kier alpha value is -1.39. The molecule has 0 bridgehead atoms. The molecule has 0 aromatic heterocycles. The van der Waals surface area contributed by atoms with Crippen LogP contribution in [0.1, 0.15) is 69.4 Å². The van der Waals surface area contributed by atoms with E-state index in [0.29, 0.717) is 17.7 Å². The molecule has 0 unspecified atom stereocenters. The van der Waals surface area contributed by atoms with Crippen LogP contribution in [0.15, 0.2) is 24.3 Å². The van der Waals surface area contributed by atoms with Crippen molar-refractivity contribution in [2.75, 3.05) is 39.3 Å². The molecule has 0 N–H and O–H groups in total. The fourth-order valence-corrected chi connectivity index (χ4v) is 5.42. The Morgan fingerprint density at radius 3 is 2.10 bits per heavy atom. The van der Waals surface area contributed by atoms with Crippen LogP contribution in [0.2, 0.25) is 0 Å². The molecular formula is C25H39N3O. The monoisotopic (exact) mass is 397 g/mol. The van der Waals surface area contributed by atoms with Crippen LogP contribution in [-0.4, -0.2) is 65.9 Å². The lowest BCUT2D eigenvalue weighted by Gasteiger charge is -2.42. The zero-order valence-corrected chi connectivity index (χ0v) is 18.5. The maximum atomic E-state index is 12.7. The average Bonchev–Trinajstić information content (AvgIpc) is 3.29. The molecule has 1 aromatic rings. The summed E-state index contributed by atoms with van der Waals surface area (Å²) in [6, 6.07) is 9.92. The van der Waals surface area contributed by atoms with Crippen LogP contribution < -0.4 is 0 Å². The van der Waals surface area contributed by atoms with Gasteiger partial charge in [-0.2, -0.15) is 0 Å². The maximum absolute atomic E-state index is 12.7. The third-order valence-electron chi connectivity index (χ3n) is 7.42. The molecule has 0 aliphatic carbocycles. The number of nitrogens with zero attached hydrogens (tertiary/aromatic N) is 3. The molecule has 29 heavy (non-hydrogen) atoms. The fourth-order valence-electron chi connectivity index (χ4n) is 5.42. The highest BCUT2D eigenvalue weighted by Crippen LogP contribution is 2.27. The lowest BCUT2D eigenvalue weighted by molar-refractivity contribution is -0.136. The van der Waals surface area contributed by atoms with Gasteiger partial charge in [-0.15, -0.1) is 0 Å². The van der Waals surface area contributed by atoms with Crippen LogP contribution >= 0.6 is 0 Å². The minimum Gasteiger partial charge on any atom is -0.342 e. The molecule has 160 valence electrons. The topological polar surface area (TPSA) is 26.8 Å². The van der Waals surface area contributed by atoms with Gasteiger partial charge < -0.3 is 9.80 Å². The van der Waals surface area contributed by atoms with Crippen molar-refractivity contribution in [1.82, 2.24) is 14.7 Å². The Morgan fingerprint density at radius 1 is 0.897 bits per heavy atom. The lowest BCUT2D eigenvalue weighted by atomic mass is 9.92. The van der Waals surface area contributed by atoms with E-state index in [1.165, 1.54) is 49.9 Å². The molecule has 3 aliphatic heterocycles. The van der Waals surface area contributed by atoms with Crippen molar-refractivity contribution in [1.29, 1.82) is 0 Å². The molecule has 4 nitrogen and oxygen atoms in total. The van der Waals surface area contributed by atoms with Gasteiger partial charge >= 0.3 is 0 Å². The smallest absolute Gasteiger partial charge is 0.225 e. The molecule has 0 radical (unpaired) electrons. The van der Waals surface area contributed by atoms with E-state index in [1.807, 2.05) is 0 Å². The molecule has 0 spiro atoms. The SMILES string of the molecule is CC(C)c1ccc(CN2CCC(N3CCC(C(=O)N4CCCC4)CC3)CC2)cc1. The number of piperidine rings is 2. The standard InChI is InChI=1S/C25H39N3O/c1-20(2)22-7-5-21(6-8-22)19-26-15-11-24(12-16-26)27-17-9-23(10-18-27)25(29)28-13-3-4-14-28/h5-8,20,23-24H,3-4,9-19H2,1-2H3. The molecule has 4 rings (SSSR count). The van der Waals surface area contributed by atoms with Crippen molar-refractivity contribution in [3.63, 3.8) is 0 Å². The quantitative estimate of drug-likeness (QED) is 0.748. The highest BCUT2D eigenvalue weighted by molar-refractivity contribution is 5.79. The zero-order valence-electron chi connectivity index (χ0n) is 18.5. The van der Waals surface area contributed by atoms with Crippen LogP contribution in [0.5, 0.6) is 0 Å². The molecule has 4 heteroatoms. The summed E-state index contributed by atoms with van der Waals surface area (Å²) in [5, 5.41) is 0. The summed E-state index contributed by atoms with van der Waals surface area (Å²) < 4.78 is 0. The number of rotatable bonds is 5. The van der Waals surface area contributed by atoms with Gasteiger partial charge in [0.1, 0.15) is 0 Å². The number of carbonyl (C=O) groups excluding carboxylic acids is 1. The second kappa shape index (κ2) is 9.61. The summed E-state index contributed by atoms with van der Waals surface area (Å²) in [5.41, 5.74) is 2.87. The van der Waals surface area contributed by atoms with Gasteiger partial charge in [0.25, 0.3) is 0 Å². The predicted molar refractivity (Wildman–Crippen MR) is 119 cm³/mol. The normalized spacial score (nSPS) is 23.2. The van der Waals surface area contributed by atoms with E-state index in [4.69, 9.17) is 0 Å². The van der Waals surface area contributed by atoms with Crippen LogP contribution in [-0.2, 0) is 11.3 Å². The van der Waals surface area contributed by atoms with Crippen LogP contribution in [0.3, 0.4) is 0 Å². The molecule has 1 aromatic carbocycles. The van der Waals surface area contributed by atoms with Crippen molar-refractivity contribution in [2.24, 2.45) is 5.92 Å². The summed E-state index contributed by atoms with van der Waals surface area (Å²) in [4.78, 5) is 20.1. The Morgan fingerprint density at radius 2 is 1.52 bits per heavy atom. The van der Waals surface area contributed by atoms with Crippen molar-refractivity contribution in [3.8, 4) is 0 Å². The first-order chi connectivity index (χ1) is 14.1. The minimum absolute atomic E-state index is 0.290. The van der Waals surface area contributed by atoms with Crippen molar-refractivity contribution in [2.45, 2.75) is 70.9 Å². The minimum atomic E-state index is 0.290. The average molecular weight is 398 g/mol. The molecular weight excluding hydrogens is 358 g/mol. The number of carbonyl (C=O) groups is 1. The number of hydrogen-bond acceptors (Lipinski definition) is 3. The fraction of sp³-hybridized carbons (Fsp3) is 0.720. The summed E-state index contributed by atoms with van der Waals surface area (Å²) >= 11 is 0. The van der Waals surface area contributed by atoms with E-state index in [9.17, 15) is 4.79 Å². The maximum Gasteiger partial charge on any atom is 0.225 e. The van der Waals surface area contributed by atoms with Gasteiger partial charge in [0.15, 0.2) is 0 Å². The van der Waals surface area contributed by atoms with Crippen molar-refractivity contribution < 1.29 is 4.79 Å². The Bertz CT molecular complexity index is 649. The van der Waals surface area contributed by atoms with E-state index in [-0.39, 0.29) is 0 Å². The summed E-state index contributed by atoms with van der Waals surface area (Å²) in [7, 11) is 0. The Kier molecular flexibility index (Phi) is 6.92. The van der Waals surface area contributed by atoms with E-state index < -0.39 is 0 Å². The van der Waals surface area contributed by atoms with Crippen LogP contribution in [0.25, 0.3) is 0 Å². The molecule has 3 aliphatic rings. The second-order valence-corrected chi connectivity index (χ2v) is 9.75. The van der Waals surface area contributed by atoms with Crippen molar-refractivity contribution in [3.05, 3.63) is 35.4 Å². The third kappa shape index (κ3) is 5.21. The van der Waals surface area contributed by atoms with E-state index in [1.54, 1.807) is 0 Å². The predicted octanol–water partition coefficient (Wildman–Crippen LogP) is 4.11. The third-order valence-corrected chi connectivity index (χ3v) is 7.42. The van der Waals surface area contributed by atoms with E-state index in [0.717, 1.165) is 51.6 Å². The summed E-state index contributed by atoms with van der Waals surface area (Å²) in [5.74, 6) is 1.34. The van der Waals surface area contributed by atoms with E-state index >= 15 is 0 Å². The largest absolute Gasteiger partial charge is 0.342 e. The Balaban J connectivity index is 1.19. The molecule has 3 fully saturated rings. The van der Waals surface area contributed by atoms with Gasteiger partial charge in [0.05, 0.1) is 0 Å². The Labute approximate surface area is 177 Å². The van der Waals surface area contributed by atoms with E-state index in [2.05, 4.69) is 52.8 Å². The molecule has 0 atom stereocenters. The molecule has 0 saturated carbocycles. The highest BCUT2D eigenvalue weighted by atomic mass is 16.2. The first kappa shape index (κ1) is 20.9. The number of likely N-dealkylation sites (tertiary alicyclic amines) is 3. The van der Waals surface area contributed by atoms with Crippen LogP contribution in [0.4, 0.5) is 0 Å². The first-order valence-corrected chi connectivity index (χ1v) is 11.9. The molecule has 3 saturated heterocycles. The van der Waals surface area contributed by atoms with Gasteiger partial charge in [0, 0.05) is 31.6 Å². The second-order valence-electron chi connectivity index (χ2n) is 9.75. The lowest BCUT2D eigenvalue weighted by Crippen LogP contribution is -2.49. The summed E-state index contributed by atoms with van der Waals surface area (Å²) in [6.45, 7) is 12.2. The van der Waals surface area contributed by atoms with Gasteiger partial charge in [-0.1, -0.05) is 38.1 Å². The molecule has 3 heterocycles. The molecule has 1 amide bonds. The highest BCUT2D eigenvalue weighted by Gasteiger charge is 2.33. The zero-order chi connectivity index (χ0) is 20.2. The number of amides is 1. The van der Waals surface area contributed by atoms with Crippen LogP contribution in [0, 0.1) is 5.92 Å². The number of benzene rings is 1. The van der Waals surface area contributed by atoms with Gasteiger partial charge in [-0.25, -0.2) is 0 Å². The summed E-state index contributed by atoms with van der Waals surface area (Å²) in [6.07, 6.45) is 7.08. The van der Waals surface area contributed by atoms with Gasteiger partial charge in [-0.05, 0) is 81.7 Å².